The lowest BCUT2D eigenvalue weighted by Gasteiger charge is -2.35. The van der Waals surface area contributed by atoms with Crippen molar-refractivity contribution in [3.8, 4) is 0 Å². The first kappa shape index (κ1) is 12.4. The molecule has 0 bridgehead atoms. The summed E-state index contributed by atoms with van der Waals surface area (Å²) in [7, 11) is 0. The predicted octanol–water partition coefficient (Wildman–Crippen LogP) is 2.95. The van der Waals surface area contributed by atoms with Crippen LogP contribution in [0.15, 0.2) is 29.6 Å². The molecule has 98 valence electrons. The van der Waals surface area contributed by atoms with E-state index in [4.69, 9.17) is 0 Å². The quantitative estimate of drug-likeness (QED) is 0.799. The lowest BCUT2D eigenvalue weighted by Crippen LogP contribution is -2.39. The van der Waals surface area contributed by atoms with Crippen LogP contribution in [0.4, 0.5) is 0 Å². The van der Waals surface area contributed by atoms with Crippen LogP contribution in [0.2, 0.25) is 0 Å². The first-order valence-electron chi connectivity index (χ1n) is 6.44. The van der Waals surface area contributed by atoms with Crippen LogP contribution >= 0.6 is 11.3 Å². The Hall–Kier alpha value is -1.68. The topological polar surface area (TPSA) is 33.2 Å². The predicted molar refractivity (Wildman–Crippen MR) is 76.2 cm³/mol. The van der Waals surface area contributed by atoms with Gasteiger partial charge < -0.3 is 4.90 Å². The molecule has 0 unspecified atom stereocenters. The van der Waals surface area contributed by atoms with Gasteiger partial charge in [-0.3, -0.25) is 9.78 Å². The second-order valence-electron chi connectivity index (χ2n) is 4.87. The molecule has 4 heteroatoms. The number of aryl methyl sites for hydroxylation is 1. The van der Waals surface area contributed by atoms with Gasteiger partial charge in [0.25, 0.3) is 0 Å². The van der Waals surface area contributed by atoms with Crippen molar-refractivity contribution in [2.24, 2.45) is 0 Å². The molecule has 1 aliphatic heterocycles. The number of carbonyl (C=O) groups is 1. The maximum Gasteiger partial charge on any atom is 0.220 e. The second-order valence-corrected chi connectivity index (χ2v) is 5.87. The maximum atomic E-state index is 11.9. The molecular weight excluding hydrogens is 256 g/mol. The van der Waals surface area contributed by atoms with Crippen LogP contribution in [0.25, 0.3) is 0 Å². The fourth-order valence-corrected chi connectivity index (χ4v) is 3.59. The smallest absolute Gasteiger partial charge is 0.220 e. The van der Waals surface area contributed by atoms with Crippen molar-refractivity contribution >= 4 is 17.2 Å². The Morgan fingerprint density at radius 3 is 3.00 bits per heavy atom. The molecule has 19 heavy (non-hydrogen) atoms. The summed E-state index contributed by atoms with van der Waals surface area (Å²) in [6, 6.07) is 8.12. The maximum absolute atomic E-state index is 11.9. The minimum absolute atomic E-state index is 0.0209. The molecule has 3 nitrogen and oxygen atoms in total. The Labute approximate surface area is 116 Å². The Balaban J connectivity index is 2.11. The molecule has 0 spiro atoms. The van der Waals surface area contributed by atoms with Gasteiger partial charge in [0.1, 0.15) is 6.04 Å². The summed E-state index contributed by atoms with van der Waals surface area (Å²) < 4.78 is 0. The largest absolute Gasteiger partial charge is 0.330 e. The van der Waals surface area contributed by atoms with Crippen molar-refractivity contribution in [2.75, 3.05) is 6.54 Å². The Kier molecular flexibility index (Phi) is 3.11. The van der Waals surface area contributed by atoms with Crippen LogP contribution < -0.4 is 0 Å². The van der Waals surface area contributed by atoms with Gasteiger partial charge >= 0.3 is 0 Å². The fourth-order valence-electron chi connectivity index (χ4n) is 2.69. The van der Waals surface area contributed by atoms with Crippen molar-refractivity contribution in [1.82, 2.24) is 9.88 Å². The zero-order valence-electron chi connectivity index (χ0n) is 11.1. The number of nitrogens with zero attached hydrogens (tertiary/aromatic N) is 2. The lowest BCUT2D eigenvalue weighted by atomic mass is 9.96. The van der Waals surface area contributed by atoms with E-state index >= 15 is 0 Å². The van der Waals surface area contributed by atoms with Gasteiger partial charge in [0.05, 0.1) is 5.69 Å². The van der Waals surface area contributed by atoms with Gasteiger partial charge in [-0.05, 0) is 42.5 Å². The Morgan fingerprint density at radius 1 is 1.42 bits per heavy atom. The highest BCUT2D eigenvalue weighted by atomic mass is 32.1. The molecule has 0 fully saturated rings. The average Bonchev–Trinajstić information content (AvgIpc) is 2.85. The Bertz CT molecular complexity index is 620. The summed E-state index contributed by atoms with van der Waals surface area (Å²) in [6.07, 6.45) is 0.953. The minimum atomic E-state index is -0.0209. The normalized spacial score (nSPS) is 18.2. The highest BCUT2D eigenvalue weighted by Gasteiger charge is 2.31. The van der Waals surface area contributed by atoms with Crippen LogP contribution in [0.5, 0.6) is 0 Å². The SMILES string of the molecule is CC(=O)N1CCc2sccc2[C@@H]1c1cccc(C)n1. The van der Waals surface area contributed by atoms with Crippen LogP contribution in [-0.4, -0.2) is 22.3 Å². The van der Waals surface area contributed by atoms with E-state index in [0.29, 0.717) is 0 Å². The van der Waals surface area contributed by atoms with Crippen molar-refractivity contribution in [1.29, 1.82) is 0 Å². The molecule has 3 heterocycles. The first-order valence-corrected chi connectivity index (χ1v) is 7.32. The summed E-state index contributed by atoms with van der Waals surface area (Å²) >= 11 is 1.78. The van der Waals surface area contributed by atoms with E-state index in [1.807, 2.05) is 30.0 Å². The summed E-state index contributed by atoms with van der Waals surface area (Å²) in [5.41, 5.74) is 3.20. The summed E-state index contributed by atoms with van der Waals surface area (Å²) in [4.78, 5) is 19.8. The molecule has 1 aliphatic rings. The molecule has 1 atom stereocenters. The zero-order valence-corrected chi connectivity index (χ0v) is 11.9. The number of pyridine rings is 1. The third-order valence-corrected chi connectivity index (χ3v) is 4.56. The number of fused-ring (bicyclic) bond motifs is 1. The van der Waals surface area contributed by atoms with E-state index in [0.717, 1.165) is 24.4 Å². The molecule has 2 aromatic rings. The fraction of sp³-hybridized carbons (Fsp3) is 0.333. The van der Waals surface area contributed by atoms with E-state index in [-0.39, 0.29) is 11.9 Å². The van der Waals surface area contributed by atoms with Gasteiger partial charge in [-0.15, -0.1) is 11.3 Å². The molecule has 1 amide bonds. The number of hydrogen-bond acceptors (Lipinski definition) is 3. The molecule has 2 aromatic heterocycles. The average molecular weight is 272 g/mol. The molecular formula is C15H16N2OS. The van der Waals surface area contributed by atoms with Crippen molar-refractivity contribution in [3.05, 3.63) is 51.5 Å². The van der Waals surface area contributed by atoms with Gasteiger partial charge in [-0.25, -0.2) is 0 Å². The molecule has 0 N–H and O–H groups in total. The molecule has 0 saturated heterocycles. The number of hydrogen-bond donors (Lipinski definition) is 0. The van der Waals surface area contributed by atoms with E-state index in [1.54, 1.807) is 18.3 Å². The number of thiophene rings is 1. The number of amides is 1. The lowest BCUT2D eigenvalue weighted by molar-refractivity contribution is -0.130. The summed E-state index contributed by atoms with van der Waals surface area (Å²) in [6.45, 7) is 4.41. The van der Waals surface area contributed by atoms with E-state index in [9.17, 15) is 4.79 Å². The van der Waals surface area contributed by atoms with E-state index < -0.39 is 0 Å². The monoisotopic (exact) mass is 272 g/mol. The minimum Gasteiger partial charge on any atom is -0.330 e. The van der Waals surface area contributed by atoms with E-state index in [1.165, 1.54) is 10.4 Å². The van der Waals surface area contributed by atoms with Crippen molar-refractivity contribution in [3.63, 3.8) is 0 Å². The van der Waals surface area contributed by atoms with Crippen LogP contribution in [0.1, 0.15) is 34.8 Å². The van der Waals surface area contributed by atoms with Crippen LogP contribution in [0, 0.1) is 6.92 Å². The molecule has 3 rings (SSSR count). The van der Waals surface area contributed by atoms with Gasteiger partial charge in [-0.1, -0.05) is 6.07 Å². The third kappa shape index (κ3) is 2.16. The third-order valence-electron chi connectivity index (χ3n) is 3.56. The number of aromatic nitrogens is 1. The van der Waals surface area contributed by atoms with Crippen molar-refractivity contribution in [2.45, 2.75) is 26.3 Å². The first-order chi connectivity index (χ1) is 9.16. The molecule has 0 aromatic carbocycles. The number of carbonyl (C=O) groups excluding carboxylic acids is 1. The van der Waals surface area contributed by atoms with E-state index in [2.05, 4.69) is 16.4 Å². The Morgan fingerprint density at radius 2 is 2.26 bits per heavy atom. The second kappa shape index (κ2) is 4.78. The molecule has 0 saturated carbocycles. The highest BCUT2D eigenvalue weighted by Crippen LogP contribution is 2.36. The van der Waals surface area contributed by atoms with Gasteiger partial charge in [0.15, 0.2) is 0 Å². The standard InChI is InChI=1S/C15H16N2OS/c1-10-4-3-5-13(16-10)15-12-7-9-19-14(12)6-8-17(15)11(2)18/h3-5,7,9,15H,6,8H2,1-2H3/t15-/m1/s1. The summed E-state index contributed by atoms with van der Waals surface area (Å²) in [5, 5.41) is 2.11. The summed E-state index contributed by atoms with van der Waals surface area (Å²) in [5.74, 6) is 0.116. The van der Waals surface area contributed by atoms with Crippen molar-refractivity contribution < 1.29 is 4.79 Å². The van der Waals surface area contributed by atoms with Crippen LogP contribution in [-0.2, 0) is 11.2 Å². The van der Waals surface area contributed by atoms with Gasteiger partial charge in [0, 0.05) is 24.0 Å². The zero-order chi connectivity index (χ0) is 13.4. The highest BCUT2D eigenvalue weighted by molar-refractivity contribution is 7.10. The van der Waals surface area contributed by atoms with Gasteiger partial charge in [0.2, 0.25) is 5.91 Å². The molecule has 0 aliphatic carbocycles. The molecule has 0 radical (unpaired) electrons. The van der Waals surface area contributed by atoms with Crippen LogP contribution in [0.3, 0.4) is 0 Å². The van der Waals surface area contributed by atoms with Gasteiger partial charge in [-0.2, -0.15) is 0 Å². The number of rotatable bonds is 1.